The molecule has 0 saturated carbocycles. The molecule has 1 aliphatic carbocycles. The van der Waals surface area contributed by atoms with Gasteiger partial charge in [-0.1, -0.05) is 6.07 Å². The first-order valence-corrected chi connectivity index (χ1v) is 6.31. The molecular weight excluding hydrogens is 232 g/mol. The minimum absolute atomic E-state index is 0.300. The highest BCUT2D eigenvalue weighted by Crippen LogP contribution is 2.33. The molecule has 0 amide bonds. The minimum Gasteiger partial charge on any atom is -0.491 e. The molecule has 1 unspecified atom stereocenters. The predicted octanol–water partition coefficient (Wildman–Crippen LogP) is 1.71. The second kappa shape index (κ2) is 6.73. The summed E-state index contributed by atoms with van der Waals surface area (Å²) in [6, 6.07) is 5.87. The van der Waals surface area contributed by atoms with Gasteiger partial charge in [-0.05, 0) is 36.1 Å². The van der Waals surface area contributed by atoms with Crippen molar-refractivity contribution < 1.29 is 19.3 Å². The number of hydrogen-bond acceptors (Lipinski definition) is 4. The van der Waals surface area contributed by atoms with Crippen LogP contribution in [0.3, 0.4) is 0 Å². The Morgan fingerprint density at radius 3 is 2.89 bits per heavy atom. The normalized spacial score (nSPS) is 17.8. The van der Waals surface area contributed by atoms with Gasteiger partial charge in [0.25, 0.3) is 0 Å². The zero-order valence-electron chi connectivity index (χ0n) is 10.7. The Bertz CT molecular complexity index is 378. The van der Waals surface area contributed by atoms with E-state index in [1.54, 1.807) is 7.11 Å². The lowest BCUT2D eigenvalue weighted by Gasteiger charge is -2.09. The third-order valence-electron chi connectivity index (χ3n) is 3.09. The summed E-state index contributed by atoms with van der Waals surface area (Å²) in [7, 11) is 1.65. The van der Waals surface area contributed by atoms with Crippen LogP contribution in [0.1, 0.15) is 23.7 Å². The van der Waals surface area contributed by atoms with Crippen LogP contribution in [0.4, 0.5) is 0 Å². The number of aliphatic hydroxyl groups is 1. The largest absolute Gasteiger partial charge is 0.491 e. The Morgan fingerprint density at radius 1 is 1.22 bits per heavy atom. The van der Waals surface area contributed by atoms with Crippen molar-refractivity contribution in [2.45, 2.75) is 18.9 Å². The average molecular weight is 252 g/mol. The maximum atomic E-state index is 9.70. The molecular formula is C14H20O4. The van der Waals surface area contributed by atoms with Crippen LogP contribution in [0, 0.1) is 0 Å². The van der Waals surface area contributed by atoms with Crippen molar-refractivity contribution in [2.24, 2.45) is 0 Å². The molecule has 0 aliphatic heterocycles. The van der Waals surface area contributed by atoms with Crippen LogP contribution in [-0.2, 0) is 15.9 Å². The predicted molar refractivity (Wildman–Crippen MR) is 67.9 cm³/mol. The number of hydrogen-bond donors (Lipinski definition) is 1. The molecule has 1 aliphatic rings. The van der Waals surface area contributed by atoms with Gasteiger partial charge in [-0.2, -0.15) is 0 Å². The van der Waals surface area contributed by atoms with Crippen molar-refractivity contribution in [3.05, 3.63) is 29.3 Å². The summed E-state index contributed by atoms with van der Waals surface area (Å²) in [5.74, 6) is 0.846. The summed E-state index contributed by atoms with van der Waals surface area (Å²) in [6.07, 6.45) is 1.45. The third-order valence-corrected chi connectivity index (χ3v) is 3.09. The fourth-order valence-corrected chi connectivity index (χ4v) is 2.12. The van der Waals surface area contributed by atoms with Gasteiger partial charge in [0, 0.05) is 7.11 Å². The Morgan fingerprint density at radius 2 is 2.06 bits per heavy atom. The Hall–Kier alpha value is -1.10. The van der Waals surface area contributed by atoms with E-state index >= 15 is 0 Å². The van der Waals surface area contributed by atoms with Gasteiger partial charge in [-0.15, -0.1) is 0 Å². The molecule has 4 heteroatoms. The summed E-state index contributed by atoms with van der Waals surface area (Å²) in [4.78, 5) is 0. The molecule has 1 N–H and O–H groups in total. The van der Waals surface area contributed by atoms with Gasteiger partial charge in [-0.25, -0.2) is 0 Å². The fraction of sp³-hybridized carbons (Fsp3) is 0.571. The summed E-state index contributed by atoms with van der Waals surface area (Å²) >= 11 is 0. The van der Waals surface area contributed by atoms with Gasteiger partial charge in [0.2, 0.25) is 0 Å². The van der Waals surface area contributed by atoms with Crippen LogP contribution in [-0.4, -0.2) is 38.6 Å². The lowest BCUT2D eigenvalue weighted by molar-refractivity contribution is 0.0544. The van der Waals surface area contributed by atoms with Crippen LogP contribution >= 0.6 is 0 Å². The van der Waals surface area contributed by atoms with E-state index in [1.165, 1.54) is 5.56 Å². The Balaban J connectivity index is 1.74. The number of aliphatic hydroxyl groups excluding tert-OH is 1. The smallest absolute Gasteiger partial charge is 0.119 e. The van der Waals surface area contributed by atoms with E-state index in [0.29, 0.717) is 26.4 Å². The van der Waals surface area contributed by atoms with Crippen molar-refractivity contribution in [1.29, 1.82) is 0 Å². The highest BCUT2D eigenvalue weighted by molar-refractivity contribution is 5.39. The second-order valence-electron chi connectivity index (χ2n) is 4.37. The molecule has 0 radical (unpaired) electrons. The van der Waals surface area contributed by atoms with Crippen molar-refractivity contribution in [3.63, 3.8) is 0 Å². The van der Waals surface area contributed by atoms with E-state index in [-0.39, 0.29) is 6.10 Å². The first-order chi connectivity index (χ1) is 8.81. The highest BCUT2D eigenvalue weighted by atomic mass is 16.5. The summed E-state index contributed by atoms with van der Waals surface area (Å²) in [6.45, 7) is 2.29. The first-order valence-electron chi connectivity index (χ1n) is 6.31. The van der Waals surface area contributed by atoms with E-state index in [4.69, 9.17) is 14.2 Å². The van der Waals surface area contributed by atoms with Crippen LogP contribution in [0.15, 0.2) is 18.2 Å². The van der Waals surface area contributed by atoms with E-state index in [9.17, 15) is 5.11 Å². The first kappa shape index (κ1) is 13.3. The van der Waals surface area contributed by atoms with Gasteiger partial charge in [0.1, 0.15) is 12.4 Å². The molecule has 18 heavy (non-hydrogen) atoms. The molecule has 0 spiro atoms. The molecule has 100 valence electrons. The maximum absolute atomic E-state index is 9.70. The van der Waals surface area contributed by atoms with Crippen molar-refractivity contribution in [2.75, 3.05) is 33.5 Å². The topological polar surface area (TPSA) is 47.9 Å². The van der Waals surface area contributed by atoms with Crippen LogP contribution in [0.25, 0.3) is 0 Å². The quantitative estimate of drug-likeness (QED) is 0.750. The van der Waals surface area contributed by atoms with E-state index in [1.807, 2.05) is 18.2 Å². The lowest BCUT2D eigenvalue weighted by Crippen LogP contribution is -2.10. The van der Waals surface area contributed by atoms with Gasteiger partial charge in [0.05, 0.1) is 25.9 Å². The van der Waals surface area contributed by atoms with E-state index < -0.39 is 0 Å². The monoisotopic (exact) mass is 252 g/mol. The molecule has 1 atom stereocenters. The molecule has 0 bridgehead atoms. The molecule has 1 aromatic rings. The maximum Gasteiger partial charge on any atom is 0.119 e. The molecule has 0 fully saturated rings. The SMILES string of the molecule is COCCOCCOc1ccc2c(c1)CCC2O. The number of methoxy groups -OCH3 is 1. The summed E-state index contributed by atoms with van der Waals surface area (Å²) < 4.78 is 15.8. The Kier molecular flexibility index (Phi) is 4.99. The van der Waals surface area contributed by atoms with Gasteiger partial charge >= 0.3 is 0 Å². The number of aryl methyl sites for hydroxylation is 1. The molecule has 0 heterocycles. The fourth-order valence-electron chi connectivity index (χ4n) is 2.12. The number of benzene rings is 1. The number of fused-ring (bicyclic) bond motifs is 1. The molecule has 1 aromatic carbocycles. The standard InChI is InChI=1S/C14H20O4/c1-16-6-7-17-8-9-18-12-3-4-13-11(10-12)2-5-14(13)15/h3-4,10,14-15H,2,5-9H2,1H3. The zero-order valence-corrected chi connectivity index (χ0v) is 10.7. The van der Waals surface area contributed by atoms with Crippen molar-refractivity contribution in [1.82, 2.24) is 0 Å². The van der Waals surface area contributed by atoms with Gasteiger partial charge < -0.3 is 19.3 Å². The zero-order chi connectivity index (χ0) is 12.8. The summed E-state index contributed by atoms with van der Waals surface area (Å²) in [5, 5.41) is 9.70. The second-order valence-corrected chi connectivity index (χ2v) is 4.37. The van der Waals surface area contributed by atoms with E-state index in [0.717, 1.165) is 24.2 Å². The van der Waals surface area contributed by atoms with E-state index in [2.05, 4.69) is 0 Å². The number of ether oxygens (including phenoxy) is 3. The molecule has 0 aromatic heterocycles. The minimum atomic E-state index is -0.300. The molecule has 4 nitrogen and oxygen atoms in total. The average Bonchev–Trinajstić information content (AvgIpc) is 2.75. The van der Waals surface area contributed by atoms with Crippen molar-refractivity contribution in [3.8, 4) is 5.75 Å². The van der Waals surface area contributed by atoms with Crippen LogP contribution in [0.5, 0.6) is 5.75 Å². The Labute approximate surface area is 107 Å². The van der Waals surface area contributed by atoms with Gasteiger partial charge in [-0.3, -0.25) is 0 Å². The van der Waals surface area contributed by atoms with Crippen LogP contribution < -0.4 is 4.74 Å². The highest BCUT2D eigenvalue weighted by Gasteiger charge is 2.20. The van der Waals surface area contributed by atoms with Crippen LogP contribution in [0.2, 0.25) is 0 Å². The lowest BCUT2D eigenvalue weighted by atomic mass is 10.1. The van der Waals surface area contributed by atoms with Gasteiger partial charge in [0.15, 0.2) is 0 Å². The third kappa shape index (κ3) is 3.45. The van der Waals surface area contributed by atoms with Crippen molar-refractivity contribution >= 4 is 0 Å². The number of rotatable bonds is 7. The molecule has 2 rings (SSSR count). The molecule has 0 saturated heterocycles. The summed E-state index contributed by atoms with van der Waals surface area (Å²) in [5.41, 5.74) is 2.24.